The number of hydrogen-bond donors (Lipinski definition) is 0. The molecule has 0 aliphatic heterocycles. The van der Waals surface area contributed by atoms with Crippen LogP contribution < -0.4 is 9.64 Å². The summed E-state index contributed by atoms with van der Waals surface area (Å²) >= 11 is 0. The van der Waals surface area contributed by atoms with Gasteiger partial charge in [-0.2, -0.15) is 0 Å². The van der Waals surface area contributed by atoms with Crippen molar-refractivity contribution in [3.8, 4) is 5.75 Å². The fourth-order valence-corrected chi connectivity index (χ4v) is 1.22. The number of ether oxygens (including phenoxy) is 1. The standard InChI is InChI=1S/C9H12N2O3/c1-10(2)7-5-4-6-8(14-3)9(7)11(12)13/h4-6H,1-3H3. The van der Waals surface area contributed by atoms with Crippen molar-refractivity contribution in [1.29, 1.82) is 0 Å². The molecule has 0 unspecified atom stereocenters. The van der Waals surface area contributed by atoms with Crippen molar-refractivity contribution in [2.24, 2.45) is 0 Å². The van der Waals surface area contributed by atoms with Crippen molar-refractivity contribution in [2.75, 3.05) is 26.1 Å². The molecule has 0 saturated heterocycles. The molecular formula is C9H12N2O3. The summed E-state index contributed by atoms with van der Waals surface area (Å²) in [7, 11) is 4.92. The molecule has 0 atom stereocenters. The van der Waals surface area contributed by atoms with E-state index in [1.54, 1.807) is 37.2 Å². The second-order valence-electron chi connectivity index (χ2n) is 2.98. The third-order valence-corrected chi connectivity index (χ3v) is 1.86. The van der Waals surface area contributed by atoms with E-state index in [1.165, 1.54) is 7.11 Å². The molecule has 1 aromatic rings. The molecule has 5 heteroatoms. The second-order valence-corrected chi connectivity index (χ2v) is 2.98. The van der Waals surface area contributed by atoms with Gasteiger partial charge in [0.1, 0.15) is 5.69 Å². The molecule has 0 radical (unpaired) electrons. The first-order valence-corrected chi connectivity index (χ1v) is 4.06. The lowest BCUT2D eigenvalue weighted by molar-refractivity contribution is -0.385. The molecular weight excluding hydrogens is 184 g/mol. The van der Waals surface area contributed by atoms with Crippen LogP contribution in [-0.4, -0.2) is 26.1 Å². The minimum absolute atomic E-state index is 0.000000000000000222. The summed E-state index contributed by atoms with van der Waals surface area (Å²) in [6.45, 7) is 0. The van der Waals surface area contributed by atoms with Gasteiger partial charge in [0.15, 0.2) is 5.75 Å². The van der Waals surface area contributed by atoms with Crippen molar-refractivity contribution in [1.82, 2.24) is 0 Å². The van der Waals surface area contributed by atoms with Crippen LogP contribution in [0.4, 0.5) is 11.4 Å². The number of nitro groups is 1. The number of anilines is 1. The van der Waals surface area contributed by atoms with Gasteiger partial charge in [-0.05, 0) is 12.1 Å². The van der Waals surface area contributed by atoms with Crippen LogP contribution in [0.5, 0.6) is 5.75 Å². The Bertz CT molecular complexity index is 350. The van der Waals surface area contributed by atoms with Gasteiger partial charge < -0.3 is 9.64 Å². The van der Waals surface area contributed by atoms with Crippen LogP contribution >= 0.6 is 0 Å². The lowest BCUT2D eigenvalue weighted by atomic mass is 10.2. The normalized spacial score (nSPS) is 9.64. The van der Waals surface area contributed by atoms with Gasteiger partial charge in [-0.25, -0.2) is 0 Å². The van der Waals surface area contributed by atoms with Crippen LogP contribution in [0.25, 0.3) is 0 Å². The van der Waals surface area contributed by atoms with E-state index in [1.807, 2.05) is 0 Å². The van der Waals surface area contributed by atoms with Gasteiger partial charge in [-0.15, -0.1) is 0 Å². The van der Waals surface area contributed by atoms with E-state index in [0.29, 0.717) is 5.69 Å². The largest absolute Gasteiger partial charge is 0.490 e. The highest BCUT2D eigenvalue weighted by Crippen LogP contribution is 2.35. The van der Waals surface area contributed by atoms with Gasteiger partial charge in [0.05, 0.1) is 12.0 Å². The molecule has 0 heterocycles. The summed E-state index contributed by atoms with van der Waals surface area (Å²) in [5.41, 5.74) is 0.536. The van der Waals surface area contributed by atoms with Gasteiger partial charge >= 0.3 is 5.69 Å². The first kappa shape index (κ1) is 10.3. The molecule has 0 aliphatic rings. The summed E-state index contributed by atoms with van der Waals surface area (Å²) in [5.74, 6) is 0.279. The molecule has 0 fully saturated rings. The van der Waals surface area contributed by atoms with Crippen LogP contribution in [-0.2, 0) is 0 Å². The second kappa shape index (κ2) is 3.95. The minimum atomic E-state index is -0.436. The number of nitrogens with zero attached hydrogens (tertiary/aromatic N) is 2. The molecule has 0 N–H and O–H groups in total. The average Bonchev–Trinajstić information content (AvgIpc) is 2.16. The van der Waals surface area contributed by atoms with Gasteiger partial charge in [-0.3, -0.25) is 10.1 Å². The predicted octanol–water partition coefficient (Wildman–Crippen LogP) is 1.67. The van der Waals surface area contributed by atoms with Gasteiger partial charge in [0.25, 0.3) is 0 Å². The summed E-state index contributed by atoms with van der Waals surface area (Å²) in [6, 6.07) is 4.98. The lowest BCUT2D eigenvalue weighted by Gasteiger charge is -2.13. The third kappa shape index (κ3) is 1.76. The van der Waals surface area contributed by atoms with Crippen LogP contribution in [0.1, 0.15) is 0 Å². The van der Waals surface area contributed by atoms with Crippen molar-refractivity contribution in [3.05, 3.63) is 28.3 Å². The fourth-order valence-electron chi connectivity index (χ4n) is 1.22. The minimum Gasteiger partial charge on any atom is -0.490 e. The molecule has 0 aliphatic carbocycles. The van der Waals surface area contributed by atoms with E-state index < -0.39 is 4.92 Å². The molecule has 5 nitrogen and oxygen atoms in total. The predicted molar refractivity (Wildman–Crippen MR) is 54.0 cm³/mol. The Labute approximate surface area is 82.1 Å². The Morgan fingerprint density at radius 1 is 1.43 bits per heavy atom. The highest BCUT2D eigenvalue weighted by atomic mass is 16.6. The molecule has 0 spiro atoms. The first-order valence-electron chi connectivity index (χ1n) is 4.06. The highest BCUT2D eigenvalue weighted by molar-refractivity contribution is 5.69. The Morgan fingerprint density at radius 2 is 2.07 bits per heavy atom. The number of hydrogen-bond acceptors (Lipinski definition) is 4. The van der Waals surface area contributed by atoms with Gasteiger partial charge in [0.2, 0.25) is 0 Å². The Kier molecular flexibility index (Phi) is 2.91. The lowest BCUT2D eigenvalue weighted by Crippen LogP contribution is -2.11. The van der Waals surface area contributed by atoms with Gasteiger partial charge in [0, 0.05) is 14.1 Å². The number of methoxy groups -OCH3 is 1. The quantitative estimate of drug-likeness (QED) is 0.545. The first-order chi connectivity index (χ1) is 6.57. The van der Waals surface area contributed by atoms with E-state index in [4.69, 9.17) is 4.74 Å². The fraction of sp³-hybridized carbons (Fsp3) is 0.333. The van der Waals surface area contributed by atoms with Crippen molar-refractivity contribution < 1.29 is 9.66 Å². The third-order valence-electron chi connectivity index (χ3n) is 1.86. The van der Waals surface area contributed by atoms with Gasteiger partial charge in [-0.1, -0.05) is 6.07 Å². The number of para-hydroxylation sites is 1. The summed E-state index contributed by atoms with van der Waals surface area (Å²) in [4.78, 5) is 12.0. The van der Waals surface area contributed by atoms with E-state index >= 15 is 0 Å². The summed E-state index contributed by atoms with van der Waals surface area (Å²) in [6.07, 6.45) is 0. The molecule has 14 heavy (non-hydrogen) atoms. The molecule has 1 rings (SSSR count). The molecule has 1 aromatic carbocycles. The summed E-state index contributed by atoms with van der Waals surface area (Å²) in [5, 5.41) is 10.8. The molecule has 0 bridgehead atoms. The van der Waals surface area contributed by atoms with E-state index in [-0.39, 0.29) is 11.4 Å². The van der Waals surface area contributed by atoms with Crippen molar-refractivity contribution >= 4 is 11.4 Å². The monoisotopic (exact) mass is 196 g/mol. The zero-order valence-electron chi connectivity index (χ0n) is 8.35. The van der Waals surface area contributed by atoms with E-state index in [9.17, 15) is 10.1 Å². The van der Waals surface area contributed by atoms with E-state index in [0.717, 1.165) is 0 Å². The molecule has 0 amide bonds. The van der Waals surface area contributed by atoms with Crippen LogP contribution in [0.15, 0.2) is 18.2 Å². The zero-order valence-corrected chi connectivity index (χ0v) is 8.35. The van der Waals surface area contributed by atoms with Crippen LogP contribution in [0.3, 0.4) is 0 Å². The maximum absolute atomic E-state index is 10.8. The highest BCUT2D eigenvalue weighted by Gasteiger charge is 2.21. The Balaban J connectivity index is 3.35. The number of rotatable bonds is 3. The van der Waals surface area contributed by atoms with Crippen molar-refractivity contribution in [3.63, 3.8) is 0 Å². The molecule has 0 aromatic heterocycles. The van der Waals surface area contributed by atoms with Crippen molar-refractivity contribution in [2.45, 2.75) is 0 Å². The molecule has 76 valence electrons. The number of benzene rings is 1. The smallest absolute Gasteiger partial charge is 0.333 e. The maximum Gasteiger partial charge on any atom is 0.333 e. The zero-order chi connectivity index (χ0) is 10.7. The summed E-state index contributed by atoms with van der Waals surface area (Å²) < 4.78 is 4.93. The average molecular weight is 196 g/mol. The van der Waals surface area contributed by atoms with Crippen LogP contribution in [0.2, 0.25) is 0 Å². The van der Waals surface area contributed by atoms with Crippen LogP contribution in [0, 0.1) is 10.1 Å². The maximum atomic E-state index is 10.8. The number of nitro benzene ring substituents is 1. The topological polar surface area (TPSA) is 55.6 Å². The molecule has 0 saturated carbocycles. The SMILES string of the molecule is COc1cccc(N(C)C)c1[N+](=O)[O-]. The Morgan fingerprint density at radius 3 is 2.50 bits per heavy atom. The Hall–Kier alpha value is -1.78. The van der Waals surface area contributed by atoms with E-state index in [2.05, 4.69) is 0 Å².